The third-order valence-corrected chi connectivity index (χ3v) is 4.09. The van der Waals surface area contributed by atoms with Gasteiger partial charge in [0.15, 0.2) is 6.29 Å². The summed E-state index contributed by atoms with van der Waals surface area (Å²) in [6, 6.07) is 23.4. The summed E-state index contributed by atoms with van der Waals surface area (Å²) in [5, 5.41) is 6.43. The maximum atomic E-state index is 11.5. The van der Waals surface area contributed by atoms with Crippen LogP contribution in [0.5, 0.6) is 5.75 Å². The molecule has 0 radical (unpaired) electrons. The van der Waals surface area contributed by atoms with Crippen LogP contribution in [-0.4, -0.2) is 16.1 Å². The summed E-state index contributed by atoms with van der Waals surface area (Å²) in [6.45, 7) is 0.305. The molecule has 0 aliphatic heterocycles. The van der Waals surface area contributed by atoms with Crippen molar-refractivity contribution in [1.82, 2.24) is 9.78 Å². The van der Waals surface area contributed by atoms with E-state index in [4.69, 9.17) is 4.74 Å². The van der Waals surface area contributed by atoms with Gasteiger partial charge in [0.25, 0.3) is 0 Å². The van der Waals surface area contributed by atoms with Crippen molar-refractivity contribution in [1.29, 1.82) is 0 Å². The molecule has 0 aliphatic carbocycles. The zero-order valence-electron chi connectivity index (χ0n) is 13.5. The molecule has 0 saturated carbocycles. The van der Waals surface area contributed by atoms with Crippen LogP contribution in [0.1, 0.15) is 16.1 Å². The maximum Gasteiger partial charge on any atom is 0.154 e. The first-order chi connectivity index (χ1) is 12.3. The number of para-hydroxylation sites is 1. The van der Waals surface area contributed by atoms with E-state index in [1.54, 1.807) is 4.68 Å². The van der Waals surface area contributed by atoms with Gasteiger partial charge in [0, 0.05) is 6.20 Å². The van der Waals surface area contributed by atoms with Gasteiger partial charge in [0.1, 0.15) is 18.1 Å². The van der Waals surface area contributed by atoms with Crippen LogP contribution < -0.4 is 4.74 Å². The second-order valence-electron chi connectivity index (χ2n) is 5.69. The molecule has 0 amide bonds. The van der Waals surface area contributed by atoms with Crippen molar-refractivity contribution in [3.63, 3.8) is 0 Å². The lowest BCUT2D eigenvalue weighted by Gasteiger charge is -2.09. The van der Waals surface area contributed by atoms with Gasteiger partial charge < -0.3 is 4.74 Å². The van der Waals surface area contributed by atoms with Gasteiger partial charge in [-0.25, -0.2) is 4.68 Å². The van der Waals surface area contributed by atoms with Crippen LogP contribution in [-0.2, 0) is 6.61 Å². The molecular weight excluding hydrogens is 312 g/mol. The number of carbonyl (C=O) groups excluding carboxylic acids is 1. The molecule has 0 unspecified atom stereocenters. The van der Waals surface area contributed by atoms with Gasteiger partial charge in [-0.3, -0.25) is 4.79 Å². The van der Waals surface area contributed by atoms with Gasteiger partial charge in [0.05, 0.1) is 11.3 Å². The van der Waals surface area contributed by atoms with Gasteiger partial charge in [-0.15, -0.1) is 0 Å². The molecular formula is C21H16N2O2. The Kier molecular flexibility index (Phi) is 4.01. The predicted octanol–water partition coefficient (Wildman–Crippen LogP) is 4.42. The number of benzene rings is 3. The van der Waals surface area contributed by atoms with E-state index in [1.165, 1.54) is 0 Å². The molecule has 0 bridgehead atoms. The Morgan fingerprint density at radius 1 is 0.920 bits per heavy atom. The maximum absolute atomic E-state index is 11.5. The molecule has 4 heteroatoms. The fourth-order valence-corrected chi connectivity index (χ4v) is 2.84. The Morgan fingerprint density at radius 2 is 1.72 bits per heavy atom. The van der Waals surface area contributed by atoms with Crippen LogP contribution in [0.25, 0.3) is 16.5 Å². The summed E-state index contributed by atoms with van der Waals surface area (Å²) >= 11 is 0. The van der Waals surface area contributed by atoms with Crippen molar-refractivity contribution >= 4 is 17.1 Å². The van der Waals surface area contributed by atoms with Gasteiger partial charge in [-0.05, 0) is 35.0 Å². The second kappa shape index (κ2) is 6.61. The van der Waals surface area contributed by atoms with E-state index >= 15 is 0 Å². The Labute approximate surface area is 145 Å². The number of hydrogen-bond donors (Lipinski definition) is 0. The van der Waals surface area contributed by atoms with Crippen molar-refractivity contribution in [3.05, 3.63) is 90.3 Å². The first-order valence-corrected chi connectivity index (χ1v) is 8.05. The summed E-state index contributed by atoms with van der Waals surface area (Å²) in [5.74, 6) is 0.572. The first kappa shape index (κ1) is 15.1. The molecule has 0 atom stereocenters. The lowest BCUT2D eigenvalue weighted by atomic mass is 10.0. The minimum atomic E-state index is 0.305. The topological polar surface area (TPSA) is 44.1 Å². The van der Waals surface area contributed by atoms with Gasteiger partial charge in [0.2, 0.25) is 0 Å². The van der Waals surface area contributed by atoms with Gasteiger partial charge in [-0.1, -0.05) is 48.5 Å². The van der Waals surface area contributed by atoms with Crippen LogP contribution in [0.2, 0.25) is 0 Å². The third kappa shape index (κ3) is 3.02. The van der Waals surface area contributed by atoms with Crippen molar-refractivity contribution in [2.75, 3.05) is 0 Å². The molecule has 4 aromatic rings. The van der Waals surface area contributed by atoms with Crippen LogP contribution in [0.3, 0.4) is 0 Å². The first-order valence-electron chi connectivity index (χ1n) is 8.05. The minimum absolute atomic E-state index is 0.305. The molecule has 3 aromatic carbocycles. The average molecular weight is 328 g/mol. The number of fused-ring (bicyclic) bond motifs is 1. The van der Waals surface area contributed by atoms with E-state index < -0.39 is 0 Å². The smallest absolute Gasteiger partial charge is 0.154 e. The van der Waals surface area contributed by atoms with E-state index in [0.717, 1.165) is 28.4 Å². The number of rotatable bonds is 5. The van der Waals surface area contributed by atoms with Crippen LogP contribution in [0.15, 0.2) is 79.0 Å². The zero-order valence-corrected chi connectivity index (χ0v) is 13.5. The minimum Gasteiger partial charge on any atom is -0.486 e. The lowest BCUT2D eigenvalue weighted by Crippen LogP contribution is -2.01. The van der Waals surface area contributed by atoms with Crippen molar-refractivity contribution in [3.8, 4) is 11.4 Å². The highest BCUT2D eigenvalue weighted by Crippen LogP contribution is 2.27. The van der Waals surface area contributed by atoms with Crippen LogP contribution in [0, 0.1) is 0 Å². The van der Waals surface area contributed by atoms with Crippen molar-refractivity contribution in [2.45, 2.75) is 6.61 Å². The number of nitrogens with zero attached hydrogens (tertiary/aromatic N) is 2. The van der Waals surface area contributed by atoms with Crippen molar-refractivity contribution in [2.24, 2.45) is 0 Å². The molecule has 4 nitrogen and oxygen atoms in total. The Balaban J connectivity index is 1.57. The quantitative estimate of drug-likeness (QED) is 0.510. The molecule has 4 rings (SSSR count). The monoisotopic (exact) mass is 328 g/mol. The van der Waals surface area contributed by atoms with E-state index in [1.807, 2.05) is 79.0 Å². The number of aldehydes is 1. The Morgan fingerprint density at radius 3 is 2.56 bits per heavy atom. The summed E-state index contributed by atoms with van der Waals surface area (Å²) < 4.78 is 7.67. The Hall–Kier alpha value is -3.40. The molecule has 1 aromatic heterocycles. The SMILES string of the molecule is O=Cc1c(OCc2ccn(-c3ccccc3)n2)ccc2ccccc12. The molecule has 0 fully saturated rings. The molecule has 1 heterocycles. The summed E-state index contributed by atoms with van der Waals surface area (Å²) in [7, 11) is 0. The molecule has 0 saturated heterocycles. The van der Waals surface area contributed by atoms with Gasteiger partial charge >= 0.3 is 0 Å². The standard InChI is InChI=1S/C21H16N2O2/c24-14-20-19-9-5-4-6-16(19)10-11-21(20)25-15-17-12-13-23(22-17)18-7-2-1-3-8-18/h1-14H,15H2. The van der Waals surface area contributed by atoms with Crippen LogP contribution >= 0.6 is 0 Å². The van der Waals surface area contributed by atoms with Gasteiger partial charge in [-0.2, -0.15) is 5.10 Å². The number of aromatic nitrogens is 2. The molecule has 0 N–H and O–H groups in total. The fraction of sp³-hybridized carbons (Fsp3) is 0.0476. The summed E-state index contributed by atoms with van der Waals surface area (Å²) in [6.07, 6.45) is 2.75. The normalized spacial score (nSPS) is 10.7. The van der Waals surface area contributed by atoms with Crippen LogP contribution in [0.4, 0.5) is 0 Å². The lowest BCUT2D eigenvalue weighted by molar-refractivity contribution is 0.112. The summed E-state index contributed by atoms with van der Waals surface area (Å²) in [4.78, 5) is 11.5. The highest BCUT2D eigenvalue weighted by molar-refractivity contribution is 6.00. The number of hydrogen-bond acceptors (Lipinski definition) is 3. The number of ether oxygens (including phenoxy) is 1. The fourth-order valence-electron chi connectivity index (χ4n) is 2.84. The largest absolute Gasteiger partial charge is 0.486 e. The predicted molar refractivity (Wildman–Crippen MR) is 97.2 cm³/mol. The van der Waals surface area contributed by atoms with E-state index in [-0.39, 0.29) is 0 Å². The second-order valence-corrected chi connectivity index (χ2v) is 5.69. The molecule has 0 spiro atoms. The summed E-state index contributed by atoms with van der Waals surface area (Å²) in [5.41, 5.74) is 2.36. The molecule has 25 heavy (non-hydrogen) atoms. The van der Waals surface area contributed by atoms with E-state index in [9.17, 15) is 4.79 Å². The Bertz CT molecular complexity index is 1020. The third-order valence-electron chi connectivity index (χ3n) is 4.09. The highest BCUT2D eigenvalue weighted by atomic mass is 16.5. The molecule has 122 valence electrons. The van der Waals surface area contributed by atoms with E-state index in [0.29, 0.717) is 17.9 Å². The molecule has 0 aliphatic rings. The number of carbonyl (C=O) groups is 1. The van der Waals surface area contributed by atoms with E-state index in [2.05, 4.69) is 5.10 Å². The highest BCUT2D eigenvalue weighted by Gasteiger charge is 2.09. The zero-order chi connectivity index (χ0) is 17.1. The van der Waals surface area contributed by atoms with Crippen molar-refractivity contribution < 1.29 is 9.53 Å². The average Bonchev–Trinajstić information content (AvgIpc) is 3.15.